The van der Waals surface area contributed by atoms with Crippen LogP contribution in [0.25, 0.3) is 5.69 Å². The lowest BCUT2D eigenvalue weighted by atomic mass is 10.0. The van der Waals surface area contributed by atoms with Crippen LogP contribution < -0.4 is 10.2 Å². The van der Waals surface area contributed by atoms with Crippen LogP contribution in [0.3, 0.4) is 0 Å². The van der Waals surface area contributed by atoms with Crippen LogP contribution in [0.2, 0.25) is 0 Å². The second-order valence-corrected chi connectivity index (χ2v) is 8.69. The number of carbonyl (C=O) groups excluding carboxylic acids is 1. The van der Waals surface area contributed by atoms with Crippen molar-refractivity contribution < 1.29 is 4.79 Å². The lowest BCUT2D eigenvalue weighted by Crippen LogP contribution is -2.19. The fourth-order valence-corrected chi connectivity index (χ4v) is 4.10. The van der Waals surface area contributed by atoms with Crippen molar-refractivity contribution in [2.45, 2.75) is 40.0 Å². The lowest BCUT2D eigenvalue weighted by molar-refractivity contribution is 0.102. The maximum absolute atomic E-state index is 13.0. The summed E-state index contributed by atoms with van der Waals surface area (Å²) in [5.74, 6) is 0.776. The molecule has 1 aliphatic rings. The van der Waals surface area contributed by atoms with Crippen LogP contribution in [0.15, 0.2) is 54.7 Å². The van der Waals surface area contributed by atoms with Gasteiger partial charge in [-0.15, -0.1) is 0 Å². The number of hydrogen-bond donors (Lipinski definition) is 1. The molecule has 30 heavy (non-hydrogen) atoms. The monoisotopic (exact) mass is 402 g/mol. The molecule has 3 aromatic rings. The van der Waals surface area contributed by atoms with E-state index in [4.69, 9.17) is 0 Å². The fraction of sp³-hybridized carbons (Fsp3) is 0.360. The van der Waals surface area contributed by atoms with Gasteiger partial charge < -0.3 is 10.2 Å². The number of carbonyl (C=O) groups is 1. The van der Waals surface area contributed by atoms with E-state index in [2.05, 4.69) is 67.3 Å². The third-order valence-electron chi connectivity index (χ3n) is 5.79. The minimum Gasteiger partial charge on any atom is -0.371 e. The number of nitrogens with zero attached hydrogens (tertiary/aromatic N) is 3. The smallest absolute Gasteiger partial charge is 0.259 e. The van der Waals surface area contributed by atoms with Gasteiger partial charge in [0.1, 0.15) is 0 Å². The summed E-state index contributed by atoms with van der Waals surface area (Å²) in [5.41, 5.74) is 5.71. The van der Waals surface area contributed by atoms with Crippen LogP contribution in [0.5, 0.6) is 0 Å². The van der Waals surface area contributed by atoms with Crippen LogP contribution in [-0.2, 0) is 0 Å². The Morgan fingerprint density at radius 1 is 1.07 bits per heavy atom. The van der Waals surface area contributed by atoms with Gasteiger partial charge in [-0.1, -0.05) is 38.5 Å². The molecule has 2 heterocycles. The molecule has 1 aromatic heterocycles. The number of amides is 1. The first-order chi connectivity index (χ1) is 14.4. The minimum absolute atomic E-state index is 0.125. The Hall–Kier alpha value is -3.08. The van der Waals surface area contributed by atoms with Crippen LogP contribution in [0.1, 0.15) is 54.7 Å². The maximum Gasteiger partial charge on any atom is 0.259 e. The third kappa shape index (κ3) is 4.11. The Labute approximate surface area is 178 Å². The maximum atomic E-state index is 13.0. The summed E-state index contributed by atoms with van der Waals surface area (Å²) >= 11 is 0. The molecule has 156 valence electrons. The molecular formula is C25H30N4O. The molecule has 1 aliphatic heterocycles. The average Bonchev–Trinajstić information content (AvgIpc) is 3.36. The first-order valence-corrected chi connectivity index (χ1v) is 10.7. The Morgan fingerprint density at radius 3 is 2.33 bits per heavy atom. The van der Waals surface area contributed by atoms with E-state index >= 15 is 0 Å². The highest BCUT2D eigenvalue weighted by Gasteiger charge is 2.22. The van der Waals surface area contributed by atoms with Gasteiger partial charge in [-0.25, -0.2) is 4.68 Å². The quantitative estimate of drug-likeness (QED) is 0.621. The Balaban J connectivity index is 1.54. The molecule has 1 saturated heterocycles. The predicted molar refractivity (Wildman–Crippen MR) is 123 cm³/mol. The van der Waals surface area contributed by atoms with E-state index in [1.807, 2.05) is 28.9 Å². The molecule has 4 rings (SSSR count). The van der Waals surface area contributed by atoms with E-state index in [0.29, 0.717) is 5.56 Å². The first kappa shape index (κ1) is 20.2. The fourth-order valence-electron chi connectivity index (χ4n) is 4.10. The summed E-state index contributed by atoms with van der Waals surface area (Å²) in [4.78, 5) is 15.4. The van der Waals surface area contributed by atoms with Crippen molar-refractivity contribution in [2.75, 3.05) is 23.3 Å². The van der Waals surface area contributed by atoms with Crippen LogP contribution in [0.4, 0.5) is 11.4 Å². The van der Waals surface area contributed by atoms with Gasteiger partial charge in [-0.05, 0) is 61.6 Å². The van der Waals surface area contributed by atoms with E-state index in [0.717, 1.165) is 36.1 Å². The second kappa shape index (κ2) is 8.34. The summed E-state index contributed by atoms with van der Waals surface area (Å²) < 4.78 is 1.87. The molecule has 1 N–H and O–H groups in total. The molecule has 0 spiro atoms. The van der Waals surface area contributed by atoms with E-state index in [1.54, 1.807) is 6.20 Å². The largest absolute Gasteiger partial charge is 0.371 e. The number of hydrogen-bond acceptors (Lipinski definition) is 3. The molecule has 0 radical (unpaired) electrons. The Kier molecular flexibility index (Phi) is 5.62. The normalized spacial score (nSPS) is 16.3. The van der Waals surface area contributed by atoms with Gasteiger partial charge in [0, 0.05) is 24.5 Å². The number of aromatic nitrogens is 2. The first-order valence-electron chi connectivity index (χ1n) is 10.7. The van der Waals surface area contributed by atoms with Crippen LogP contribution in [-0.4, -0.2) is 28.8 Å². The number of aryl methyl sites for hydroxylation is 1. The molecule has 0 bridgehead atoms. The van der Waals surface area contributed by atoms with Gasteiger partial charge in [-0.3, -0.25) is 4.79 Å². The van der Waals surface area contributed by atoms with Gasteiger partial charge in [0.25, 0.3) is 5.91 Å². The van der Waals surface area contributed by atoms with Crippen molar-refractivity contribution in [3.05, 3.63) is 71.5 Å². The predicted octanol–water partition coefficient (Wildman–Crippen LogP) is 5.40. The van der Waals surface area contributed by atoms with Crippen molar-refractivity contribution >= 4 is 17.3 Å². The lowest BCUT2D eigenvalue weighted by Gasteiger charge is -2.18. The molecule has 1 amide bonds. The molecule has 5 heteroatoms. The summed E-state index contributed by atoms with van der Waals surface area (Å²) in [6.07, 6.45) is 2.91. The van der Waals surface area contributed by atoms with E-state index in [9.17, 15) is 4.79 Å². The topological polar surface area (TPSA) is 50.2 Å². The van der Waals surface area contributed by atoms with Crippen molar-refractivity contribution in [2.24, 2.45) is 5.92 Å². The van der Waals surface area contributed by atoms with Crippen molar-refractivity contribution in [3.63, 3.8) is 0 Å². The molecule has 1 unspecified atom stereocenters. The highest BCUT2D eigenvalue weighted by atomic mass is 16.1. The zero-order valence-electron chi connectivity index (χ0n) is 18.2. The van der Waals surface area contributed by atoms with Gasteiger partial charge in [0.2, 0.25) is 0 Å². The SMILES string of the molecule is Cc1ccc(-n2ncc(C(=O)Nc3ccc(N4CCC(C)C4)cc3)c2C(C)C)cc1. The van der Waals surface area contributed by atoms with E-state index < -0.39 is 0 Å². The van der Waals surface area contributed by atoms with Gasteiger partial charge in [-0.2, -0.15) is 5.10 Å². The summed E-state index contributed by atoms with van der Waals surface area (Å²) in [6, 6.07) is 16.3. The highest BCUT2D eigenvalue weighted by Crippen LogP contribution is 2.27. The number of benzene rings is 2. The average molecular weight is 403 g/mol. The zero-order chi connectivity index (χ0) is 21.3. The highest BCUT2D eigenvalue weighted by molar-refractivity contribution is 6.05. The van der Waals surface area contributed by atoms with Crippen LogP contribution >= 0.6 is 0 Å². The van der Waals surface area contributed by atoms with Gasteiger partial charge in [0.05, 0.1) is 23.1 Å². The molecule has 2 aromatic carbocycles. The molecule has 5 nitrogen and oxygen atoms in total. The standard InChI is InChI=1S/C25H30N4O/c1-17(2)24-23(15-26-29(24)22-9-5-18(3)6-10-22)25(30)27-20-7-11-21(12-8-20)28-14-13-19(4)16-28/h5-12,15,17,19H,13-14,16H2,1-4H3,(H,27,30). The third-order valence-corrected chi connectivity index (χ3v) is 5.79. The van der Waals surface area contributed by atoms with Crippen molar-refractivity contribution in [1.82, 2.24) is 9.78 Å². The van der Waals surface area contributed by atoms with Gasteiger partial charge >= 0.3 is 0 Å². The Morgan fingerprint density at radius 2 is 1.73 bits per heavy atom. The zero-order valence-corrected chi connectivity index (χ0v) is 18.2. The van der Waals surface area contributed by atoms with E-state index in [1.165, 1.54) is 17.7 Å². The molecule has 0 saturated carbocycles. The van der Waals surface area contributed by atoms with Gasteiger partial charge in [0.15, 0.2) is 0 Å². The second-order valence-electron chi connectivity index (χ2n) is 8.69. The minimum atomic E-state index is -0.125. The summed E-state index contributed by atoms with van der Waals surface area (Å²) in [6.45, 7) is 10.7. The van der Waals surface area contributed by atoms with Crippen LogP contribution in [0, 0.1) is 12.8 Å². The molecular weight excluding hydrogens is 372 g/mol. The van der Waals surface area contributed by atoms with E-state index in [-0.39, 0.29) is 11.8 Å². The Bertz CT molecular complexity index is 1020. The number of anilines is 2. The molecule has 0 aliphatic carbocycles. The molecule has 1 atom stereocenters. The van der Waals surface area contributed by atoms with Crippen molar-refractivity contribution in [3.8, 4) is 5.69 Å². The van der Waals surface area contributed by atoms with Crippen molar-refractivity contribution in [1.29, 1.82) is 0 Å². The molecule has 1 fully saturated rings. The number of nitrogens with one attached hydrogen (secondary N) is 1. The number of rotatable bonds is 5. The summed E-state index contributed by atoms with van der Waals surface area (Å²) in [7, 11) is 0. The summed E-state index contributed by atoms with van der Waals surface area (Å²) in [5, 5.41) is 7.57.